The Morgan fingerprint density at radius 1 is 1.08 bits per heavy atom. The number of carbonyl (C=O) groups is 2. The molecule has 9 heteroatoms. The number of hydrogen-bond acceptors (Lipinski definition) is 6. The van der Waals surface area contributed by atoms with Crippen LogP contribution in [0.5, 0.6) is 5.75 Å². The van der Waals surface area contributed by atoms with Crippen LogP contribution in [0.1, 0.15) is 17.3 Å². The van der Waals surface area contributed by atoms with Crippen LogP contribution in [0.2, 0.25) is 0 Å². The highest BCUT2D eigenvalue weighted by Gasteiger charge is 2.09. The molecular weight excluding hydrogens is 358 g/mol. The molecule has 0 saturated heterocycles. The van der Waals surface area contributed by atoms with E-state index in [1.54, 1.807) is 36.4 Å². The lowest BCUT2D eigenvalue weighted by Crippen LogP contribution is -2.42. The molecule has 0 aliphatic heterocycles. The molecule has 0 heterocycles. The van der Waals surface area contributed by atoms with E-state index in [0.29, 0.717) is 22.8 Å². The van der Waals surface area contributed by atoms with Crippen molar-refractivity contribution in [1.82, 2.24) is 10.9 Å². The second-order valence-corrected chi connectivity index (χ2v) is 6.05. The Hall–Kier alpha value is -3.07. The van der Waals surface area contributed by atoms with Gasteiger partial charge in [-0.25, -0.2) is 0 Å². The molecule has 0 fully saturated rings. The summed E-state index contributed by atoms with van der Waals surface area (Å²) in [6, 6.07) is 12.4. The van der Waals surface area contributed by atoms with Crippen LogP contribution in [-0.4, -0.2) is 29.1 Å². The summed E-state index contributed by atoms with van der Waals surface area (Å²) in [6.45, 7) is 2.40. The Morgan fingerprint density at radius 3 is 2.31 bits per heavy atom. The third kappa shape index (κ3) is 5.78. The van der Waals surface area contributed by atoms with E-state index in [0.717, 1.165) is 0 Å². The molecule has 2 aromatic rings. The van der Waals surface area contributed by atoms with Gasteiger partial charge in [0.15, 0.2) is 0 Å². The molecule has 0 atom stereocenters. The molecule has 0 aromatic heterocycles. The number of nitrogens with one attached hydrogen (secondary N) is 2. The average Bonchev–Trinajstić information content (AvgIpc) is 2.65. The zero-order valence-electron chi connectivity index (χ0n) is 13.9. The summed E-state index contributed by atoms with van der Waals surface area (Å²) in [7, 11) is 0. The molecule has 0 aliphatic rings. The summed E-state index contributed by atoms with van der Waals surface area (Å²) in [4.78, 5) is 34.6. The predicted octanol–water partition coefficient (Wildman–Crippen LogP) is 2.55. The fourth-order valence-corrected chi connectivity index (χ4v) is 2.62. The largest absolute Gasteiger partial charge is 0.494 e. The summed E-state index contributed by atoms with van der Waals surface area (Å²) in [6.07, 6.45) is 0. The molecule has 26 heavy (non-hydrogen) atoms. The molecule has 0 bridgehead atoms. The third-order valence-electron chi connectivity index (χ3n) is 3.16. The normalized spacial score (nSPS) is 10.0. The van der Waals surface area contributed by atoms with Crippen molar-refractivity contribution in [3.63, 3.8) is 0 Å². The molecule has 2 N–H and O–H groups in total. The first kappa shape index (κ1) is 19.3. The Balaban J connectivity index is 1.77. The van der Waals surface area contributed by atoms with Crippen LogP contribution in [0.3, 0.4) is 0 Å². The summed E-state index contributed by atoms with van der Waals surface area (Å²) in [5.41, 5.74) is 5.02. The average molecular weight is 375 g/mol. The molecule has 0 radical (unpaired) electrons. The van der Waals surface area contributed by atoms with Gasteiger partial charge in [-0.1, -0.05) is 0 Å². The van der Waals surface area contributed by atoms with E-state index in [1.165, 1.54) is 23.9 Å². The Morgan fingerprint density at radius 2 is 1.73 bits per heavy atom. The highest BCUT2D eigenvalue weighted by Crippen LogP contribution is 2.21. The number of nitro benzene ring substituents is 1. The van der Waals surface area contributed by atoms with Crippen LogP contribution in [0, 0.1) is 10.1 Å². The van der Waals surface area contributed by atoms with Crippen LogP contribution in [-0.2, 0) is 4.79 Å². The monoisotopic (exact) mass is 375 g/mol. The molecule has 8 nitrogen and oxygen atoms in total. The van der Waals surface area contributed by atoms with Crippen molar-refractivity contribution < 1.29 is 19.2 Å². The number of hydrogen-bond donors (Lipinski definition) is 2. The van der Waals surface area contributed by atoms with Crippen LogP contribution < -0.4 is 15.6 Å². The van der Waals surface area contributed by atoms with Crippen molar-refractivity contribution in [1.29, 1.82) is 0 Å². The lowest BCUT2D eigenvalue weighted by atomic mass is 10.2. The minimum absolute atomic E-state index is 0.0126. The molecule has 2 aromatic carbocycles. The van der Waals surface area contributed by atoms with Crippen LogP contribution in [0.15, 0.2) is 53.4 Å². The smallest absolute Gasteiger partial charge is 0.269 e. The molecule has 2 rings (SSSR count). The van der Waals surface area contributed by atoms with Gasteiger partial charge in [0.05, 0.1) is 17.3 Å². The molecule has 0 spiro atoms. The van der Waals surface area contributed by atoms with E-state index in [2.05, 4.69) is 10.9 Å². The van der Waals surface area contributed by atoms with Gasteiger partial charge in [-0.05, 0) is 43.3 Å². The Labute approximate surface area is 154 Å². The SMILES string of the molecule is CCOc1ccc(C(=O)NNC(=O)CSc2ccc([N+](=O)[O-])cc2)cc1. The van der Waals surface area contributed by atoms with Gasteiger partial charge in [-0.15, -0.1) is 11.8 Å². The van der Waals surface area contributed by atoms with Crippen molar-refractivity contribution in [3.8, 4) is 5.75 Å². The van der Waals surface area contributed by atoms with Crippen molar-refractivity contribution in [2.24, 2.45) is 0 Å². The van der Waals surface area contributed by atoms with Crippen molar-refractivity contribution in [2.75, 3.05) is 12.4 Å². The lowest BCUT2D eigenvalue weighted by Gasteiger charge is -2.08. The van der Waals surface area contributed by atoms with Crippen molar-refractivity contribution in [3.05, 3.63) is 64.2 Å². The first-order chi connectivity index (χ1) is 12.5. The predicted molar refractivity (Wildman–Crippen MR) is 97.0 cm³/mol. The molecule has 0 saturated carbocycles. The highest BCUT2D eigenvalue weighted by atomic mass is 32.2. The molecule has 136 valence electrons. The number of rotatable bonds is 7. The maximum Gasteiger partial charge on any atom is 0.269 e. The van der Waals surface area contributed by atoms with E-state index in [-0.39, 0.29) is 11.4 Å². The highest BCUT2D eigenvalue weighted by molar-refractivity contribution is 8.00. The summed E-state index contributed by atoms with van der Waals surface area (Å²) in [5, 5.41) is 10.6. The lowest BCUT2D eigenvalue weighted by molar-refractivity contribution is -0.384. The van der Waals surface area contributed by atoms with Gasteiger partial charge in [0, 0.05) is 22.6 Å². The second kappa shape index (κ2) is 9.42. The summed E-state index contributed by atoms with van der Waals surface area (Å²) >= 11 is 1.20. The van der Waals surface area contributed by atoms with Crippen molar-refractivity contribution in [2.45, 2.75) is 11.8 Å². The minimum atomic E-state index is -0.488. The van der Waals surface area contributed by atoms with Gasteiger partial charge < -0.3 is 4.74 Å². The quantitative estimate of drug-likeness (QED) is 0.437. The minimum Gasteiger partial charge on any atom is -0.494 e. The van der Waals surface area contributed by atoms with Crippen LogP contribution in [0.4, 0.5) is 5.69 Å². The number of non-ortho nitro benzene ring substituents is 1. The number of nitrogens with zero attached hydrogens (tertiary/aromatic N) is 1. The van der Waals surface area contributed by atoms with Crippen LogP contribution >= 0.6 is 11.8 Å². The van der Waals surface area contributed by atoms with Crippen molar-refractivity contribution >= 4 is 29.3 Å². The maximum absolute atomic E-state index is 12.0. The number of carbonyl (C=O) groups excluding carboxylic acids is 2. The zero-order chi connectivity index (χ0) is 18.9. The number of benzene rings is 2. The van der Waals surface area contributed by atoms with E-state index in [9.17, 15) is 19.7 Å². The van der Waals surface area contributed by atoms with E-state index in [4.69, 9.17) is 4.74 Å². The molecule has 0 unspecified atom stereocenters. The number of amides is 2. The first-order valence-corrected chi connectivity index (χ1v) is 8.67. The van der Waals surface area contributed by atoms with Gasteiger partial charge >= 0.3 is 0 Å². The fraction of sp³-hybridized carbons (Fsp3) is 0.176. The van der Waals surface area contributed by atoms with Gasteiger partial charge in [0.25, 0.3) is 11.6 Å². The standard InChI is InChI=1S/C17H17N3O5S/c1-2-25-14-7-3-12(4-8-14)17(22)19-18-16(21)11-26-15-9-5-13(6-10-15)20(23)24/h3-10H,2,11H2,1H3,(H,18,21)(H,19,22). The van der Waals surface area contributed by atoms with Gasteiger partial charge in [-0.3, -0.25) is 30.6 Å². The number of nitro groups is 1. The van der Waals surface area contributed by atoms with Gasteiger partial charge in [0.2, 0.25) is 5.91 Å². The number of hydrazine groups is 1. The van der Waals surface area contributed by atoms with Crippen LogP contribution in [0.25, 0.3) is 0 Å². The van der Waals surface area contributed by atoms with E-state index < -0.39 is 16.7 Å². The van der Waals surface area contributed by atoms with E-state index >= 15 is 0 Å². The molecular formula is C17H17N3O5S. The Kier molecular flexibility index (Phi) is 6.98. The zero-order valence-corrected chi connectivity index (χ0v) is 14.7. The molecule has 0 aliphatic carbocycles. The second-order valence-electron chi connectivity index (χ2n) is 5.00. The summed E-state index contributed by atoms with van der Waals surface area (Å²) in [5.74, 6) is -0.122. The number of ether oxygens (including phenoxy) is 1. The van der Waals surface area contributed by atoms with Gasteiger partial charge in [-0.2, -0.15) is 0 Å². The van der Waals surface area contributed by atoms with E-state index in [1.807, 2.05) is 6.92 Å². The summed E-state index contributed by atoms with van der Waals surface area (Å²) < 4.78 is 5.29. The molecule has 2 amide bonds. The fourth-order valence-electron chi connectivity index (χ4n) is 1.92. The number of thioether (sulfide) groups is 1. The third-order valence-corrected chi connectivity index (χ3v) is 4.17. The topological polar surface area (TPSA) is 111 Å². The first-order valence-electron chi connectivity index (χ1n) is 7.69. The maximum atomic E-state index is 12.0. The Bertz CT molecular complexity index is 778. The van der Waals surface area contributed by atoms with Gasteiger partial charge in [0.1, 0.15) is 5.75 Å².